The Kier molecular flexibility index (Phi) is 5.12. The van der Waals surface area contributed by atoms with E-state index in [9.17, 15) is 18.0 Å². The number of azo groups is 1. The van der Waals surface area contributed by atoms with Crippen molar-refractivity contribution in [2.45, 2.75) is 13.1 Å². The number of aromatic nitrogens is 2. The molecule has 0 atom stereocenters. The van der Waals surface area contributed by atoms with Crippen LogP contribution in [-0.4, -0.2) is 9.78 Å². The number of aromatic amines is 1. The fraction of sp³-hybridized carbons (Fsp3) is 0.118. The minimum absolute atomic E-state index is 0.00844. The second-order valence-corrected chi connectivity index (χ2v) is 6.36. The van der Waals surface area contributed by atoms with Gasteiger partial charge >= 0.3 is 6.18 Å². The first kappa shape index (κ1) is 19.2. The van der Waals surface area contributed by atoms with Crippen LogP contribution in [0.2, 0.25) is 10.0 Å². The number of hydrogen-bond acceptors (Lipinski definition) is 3. The van der Waals surface area contributed by atoms with E-state index in [0.717, 1.165) is 4.68 Å². The minimum Gasteiger partial charge on any atom is -0.293 e. The lowest BCUT2D eigenvalue weighted by atomic mass is 10.2. The van der Waals surface area contributed by atoms with Crippen molar-refractivity contribution in [2.24, 2.45) is 10.2 Å². The second kappa shape index (κ2) is 7.21. The summed E-state index contributed by atoms with van der Waals surface area (Å²) in [6.45, 7) is 1.57. The van der Waals surface area contributed by atoms with Crippen molar-refractivity contribution in [1.29, 1.82) is 0 Å². The third kappa shape index (κ3) is 3.91. The van der Waals surface area contributed by atoms with Gasteiger partial charge in [-0.15, -0.1) is 5.11 Å². The van der Waals surface area contributed by atoms with Crippen molar-refractivity contribution in [3.63, 3.8) is 0 Å². The van der Waals surface area contributed by atoms with Gasteiger partial charge in [0.1, 0.15) is 5.69 Å². The van der Waals surface area contributed by atoms with Crippen molar-refractivity contribution in [2.75, 3.05) is 0 Å². The van der Waals surface area contributed by atoms with E-state index in [1.54, 1.807) is 31.2 Å². The highest BCUT2D eigenvalue weighted by Crippen LogP contribution is 2.37. The third-order valence-corrected chi connectivity index (χ3v) is 4.21. The molecule has 0 amide bonds. The molecular weight excluding hydrogens is 404 g/mol. The van der Waals surface area contributed by atoms with Gasteiger partial charge < -0.3 is 0 Å². The maximum atomic E-state index is 12.9. The molecule has 3 rings (SSSR count). The average molecular weight is 415 g/mol. The molecule has 2 aromatic carbocycles. The topological polar surface area (TPSA) is 62.5 Å². The first-order valence-electron chi connectivity index (χ1n) is 7.53. The highest BCUT2D eigenvalue weighted by Gasteiger charge is 2.32. The van der Waals surface area contributed by atoms with Gasteiger partial charge in [0.2, 0.25) is 0 Å². The molecule has 1 aromatic heterocycles. The summed E-state index contributed by atoms with van der Waals surface area (Å²) < 4.78 is 39.6. The molecule has 1 heterocycles. The number of alkyl halides is 3. The van der Waals surface area contributed by atoms with Crippen LogP contribution in [-0.2, 0) is 6.18 Å². The van der Waals surface area contributed by atoms with Crippen molar-refractivity contribution >= 4 is 34.6 Å². The number of benzene rings is 2. The maximum Gasteiger partial charge on any atom is 0.416 e. The van der Waals surface area contributed by atoms with Gasteiger partial charge in [-0.25, -0.2) is 4.68 Å². The highest BCUT2D eigenvalue weighted by atomic mass is 35.5. The fourth-order valence-electron chi connectivity index (χ4n) is 2.36. The van der Waals surface area contributed by atoms with Gasteiger partial charge in [0, 0.05) is 0 Å². The predicted octanol–water partition coefficient (Wildman–Crippen LogP) is 6.22. The van der Waals surface area contributed by atoms with Gasteiger partial charge in [-0.3, -0.25) is 9.89 Å². The van der Waals surface area contributed by atoms with Crippen LogP contribution in [0.5, 0.6) is 0 Å². The molecule has 0 saturated carbocycles. The first-order chi connectivity index (χ1) is 12.7. The molecule has 0 spiro atoms. The van der Waals surface area contributed by atoms with Crippen molar-refractivity contribution in [3.8, 4) is 5.69 Å². The largest absolute Gasteiger partial charge is 0.416 e. The maximum absolute atomic E-state index is 12.9. The summed E-state index contributed by atoms with van der Waals surface area (Å²) in [6, 6.07) is 10.1. The average Bonchev–Trinajstić information content (AvgIpc) is 2.87. The van der Waals surface area contributed by atoms with E-state index >= 15 is 0 Å². The van der Waals surface area contributed by atoms with Crippen LogP contribution < -0.4 is 5.56 Å². The third-order valence-electron chi connectivity index (χ3n) is 3.63. The van der Waals surface area contributed by atoms with Gasteiger partial charge in [0.15, 0.2) is 5.69 Å². The molecule has 0 bridgehead atoms. The van der Waals surface area contributed by atoms with Gasteiger partial charge in [-0.1, -0.05) is 41.4 Å². The Balaban J connectivity index is 2.07. The zero-order valence-corrected chi connectivity index (χ0v) is 15.2. The molecule has 0 saturated heterocycles. The van der Waals surface area contributed by atoms with E-state index in [2.05, 4.69) is 15.3 Å². The number of aryl methyl sites for hydroxylation is 1. The molecular formula is C17H11Cl2F3N4O. The molecule has 0 aliphatic carbocycles. The molecule has 5 nitrogen and oxygen atoms in total. The van der Waals surface area contributed by atoms with Crippen LogP contribution in [0.25, 0.3) is 5.69 Å². The highest BCUT2D eigenvalue weighted by molar-refractivity contribution is 6.37. The molecule has 10 heteroatoms. The Morgan fingerprint density at radius 1 is 1.04 bits per heavy atom. The second-order valence-electron chi connectivity index (χ2n) is 5.55. The summed E-state index contributed by atoms with van der Waals surface area (Å²) in [6.07, 6.45) is -4.61. The standard InChI is InChI=1S/C17H11Cl2F3N4O/c1-9-14(24-23-11-5-3-2-4-6-11)16(27)26(25-9)15-12(18)7-10(8-13(15)19)17(20,21)22/h2-8,25H,1H3. The van der Waals surface area contributed by atoms with Gasteiger partial charge in [-0.2, -0.15) is 18.3 Å². The molecule has 1 N–H and O–H groups in total. The monoisotopic (exact) mass is 414 g/mol. The summed E-state index contributed by atoms with van der Waals surface area (Å²) >= 11 is 11.9. The zero-order valence-electron chi connectivity index (χ0n) is 13.7. The van der Waals surface area contributed by atoms with Crippen molar-refractivity contribution in [3.05, 3.63) is 74.1 Å². The molecule has 0 fully saturated rings. The van der Waals surface area contributed by atoms with E-state index in [0.29, 0.717) is 23.5 Å². The lowest BCUT2D eigenvalue weighted by molar-refractivity contribution is -0.137. The van der Waals surface area contributed by atoms with Gasteiger partial charge in [-0.05, 0) is 31.2 Å². The smallest absolute Gasteiger partial charge is 0.293 e. The van der Waals surface area contributed by atoms with E-state index < -0.39 is 17.3 Å². The Morgan fingerprint density at radius 2 is 1.63 bits per heavy atom. The molecule has 0 unspecified atom stereocenters. The lowest BCUT2D eigenvalue weighted by Crippen LogP contribution is -2.16. The number of nitrogens with zero attached hydrogens (tertiary/aromatic N) is 3. The van der Waals surface area contributed by atoms with Crippen LogP contribution in [0.4, 0.5) is 24.5 Å². The Morgan fingerprint density at radius 3 is 2.19 bits per heavy atom. The summed E-state index contributed by atoms with van der Waals surface area (Å²) in [5, 5.41) is 9.95. The molecule has 27 heavy (non-hydrogen) atoms. The minimum atomic E-state index is -4.61. The van der Waals surface area contributed by atoms with E-state index in [-0.39, 0.29) is 21.4 Å². The summed E-state index contributed by atoms with van der Waals surface area (Å²) in [4.78, 5) is 12.6. The molecule has 140 valence electrons. The molecule has 0 aliphatic heterocycles. The SMILES string of the molecule is Cc1[nH]n(-c2c(Cl)cc(C(F)(F)F)cc2Cl)c(=O)c1N=Nc1ccccc1. The number of halogens is 5. The molecule has 3 aromatic rings. The number of rotatable bonds is 3. The number of H-pyrrole nitrogens is 1. The van der Waals surface area contributed by atoms with Crippen LogP contribution >= 0.6 is 23.2 Å². The molecule has 0 radical (unpaired) electrons. The van der Waals surface area contributed by atoms with E-state index in [1.165, 1.54) is 0 Å². The van der Waals surface area contributed by atoms with Crippen molar-refractivity contribution in [1.82, 2.24) is 9.78 Å². The summed E-state index contributed by atoms with van der Waals surface area (Å²) in [5.41, 5.74) is -0.870. The Bertz CT molecular complexity index is 1050. The summed E-state index contributed by atoms with van der Waals surface area (Å²) in [7, 11) is 0. The fourth-order valence-corrected chi connectivity index (χ4v) is 3.01. The summed E-state index contributed by atoms with van der Waals surface area (Å²) in [5.74, 6) is 0. The van der Waals surface area contributed by atoms with E-state index in [4.69, 9.17) is 23.2 Å². The Labute approximate surface area is 161 Å². The number of nitrogens with one attached hydrogen (secondary N) is 1. The van der Waals surface area contributed by atoms with E-state index in [1.807, 2.05) is 6.07 Å². The zero-order chi connectivity index (χ0) is 19.8. The molecule has 0 aliphatic rings. The quantitative estimate of drug-likeness (QED) is 0.508. The normalized spacial score (nSPS) is 12.1. The Hall–Kier alpha value is -2.58. The van der Waals surface area contributed by atoms with Gasteiger partial charge in [0.25, 0.3) is 5.56 Å². The van der Waals surface area contributed by atoms with Crippen LogP contribution in [0.1, 0.15) is 11.3 Å². The predicted molar refractivity (Wildman–Crippen MR) is 96.8 cm³/mol. The van der Waals surface area contributed by atoms with Crippen LogP contribution in [0.3, 0.4) is 0 Å². The van der Waals surface area contributed by atoms with Gasteiger partial charge in [0.05, 0.1) is 27.0 Å². The van der Waals surface area contributed by atoms with Crippen LogP contribution in [0.15, 0.2) is 57.5 Å². The first-order valence-corrected chi connectivity index (χ1v) is 8.29. The number of hydrogen-bond donors (Lipinski definition) is 1. The van der Waals surface area contributed by atoms with Crippen LogP contribution in [0, 0.1) is 6.92 Å². The lowest BCUT2D eigenvalue weighted by Gasteiger charge is -2.12. The van der Waals surface area contributed by atoms with Crippen molar-refractivity contribution < 1.29 is 13.2 Å².